The van der Waals surface area contributed by atoms with E-state index in [1.54, 1.807) is 17.7 Å². The summed E-state index contributed by atoms with van der Waals surface area (Å²) in [5, 5.41) is 6.56. The number of rotatable bonds is 5. The van der Waals surface area contributed by atoms with Gasteiger partial charge in [-0.2, -0.15) is 0 Å². The monoisotopic (exact) mass is 234 g/mol. The summed E-state index contributed by atoms with van der Waals surface area (Å²) in [6, 6.07) is 0. The van der Waals surface area contributed by atoms with Crippen LogP contribution in [0.25, 0.3) is 0 Å². The zero-order chi connectivity index (χ0) is 11.2. The van der Waals surface area contributed by atoms with Crippen LogP contribution in [0.4, 0.5) is 0 Å². The van der Waals surface area contributed by atoms with Crippen LogP contribution in [0.1, 0.15) is 23.4 Å². The Morgan fingerprint density at radius 3 is 2.88 bits per heavy atom. The van der Waals surface area contributed by atoms with Crippen LogP contribution in [0.3, 0.4) is 0 Å². The highest BCUT2D eigenvalue weighted by atomic mass is 32.1. The zero-order valence-corrected chi connectivity index (χ0v) is 9.94. The lowest BCUT2D eigenvalue weighted by molar-refractivity contribution is 0.611. The molecule has 16 heavy (non-hydrogen) atoms. The zero-order valence-electron chi connectivity index (χ0n) is 9.13. The summed E-state index contributed by atoms with van der Waals surface area (Å²) in [7, 11) is 0. The van der Waals surface area contributed by atoms with Crippen molar-refractivity contribution in [3.63, 3.8) is 0 Å². The first kappa shape index (κ1) is 11.2. The van der Waals surface area contributed by atoms with Crippen LogP contribution in [0.15, 0.2) is 30.3 Å². The van der Waals surface area contributed by atoms with Gasteiger partial charge in [-0.25, -0.2) is 15.0 Å². The molecule has 2 aromatic heterocycles. The van der Waals surface area contributed by atoms with Gasteiger partial charge in [0, 0.05) is 48.5 Å². The van der Waals surface area contributed by atoms with E-state index in [4.69, 9.17) is 0 Å². The summed E-state index contributed by atoms with van der Waals surface area (Å²) in [5.74, 6) is 0.449. The Kier molecular flexibility index (Phi) is 3.96. The second-order valence-electron chi connectivity index (χ2n) is 3.65. The predicted octanol–water partition coefficient (Wildman–Crippen LogP) is 1.83. The summed E-state index contributed by atoms with van der Waals surface area (Å²) in [6.45, 7) is 3.90. The lowest BCUT2D eigenvalue weighted by Crippen LogP contribution is -2.19. The van der Waals surface area contributed by atoms with E-state index in [-0.39, 0.29) is 0 Å². The first-order chi connectivity index (χ1) is 7.86. The second kappa shape index (κ2) is 5.67. The van der Waals surface area contributed by atoms with Gasteiger partial charge in [0.25, 0.3) is 0 Å². The molecule has 0 aliphatic heterocycles. The van der Waals surface area contributed by atoms with E-state index < -0.39 is 0 Å². The summed E-state index contributed by atoms with van der Waals surface area (Å²) in [4.78, 5) is 12.2. The smallest absolute Gasteiger partial charge is 0.115 e. The van der Waals surface area contributed by atoms with Crippen molar-refractivity contribution in [2.75, 3.05) is 6.54 Å². The number of thiazole rings is 1. The summed E-state index contributed by atoms with van der Waals surface area (Å²) >= 11 is 1.70. The molecule has 2 rings (SSSR count). The molecule has 1 N–H and O–H groups in total. The largest absolute Gasteiger partial charge is 0.312 e. The van der Waals surface area contributed by atoms with E-state index in [0.717, 1.165) is 18.7 Å². The molecule has 4 nitrogen and oxygen atoms in total. The fraction of sp³-hybridized carbons (Fsp3) is 0.364. The van der Waals surface area contributed by atoms with Crippen LogP contribution in [-0.4, -0.2) is 21.5 Å². The van der Waals surface area contributed by atoms with Gasteiger partial charge in [-0.05, 0) is 0 Å². The van der Waals surface area contributed by atoms with Crippen molar-refractivity contribution >= 4 is 11.3 Å². The summed E-state index contributed by atoms with van der Waals surface area (Å²) in [5.41, 5.74) is 1.11. The van der Waals surface area contributed by atoms with Gasteiger partial charge in [-0.3, -0.25) is 0 Å². The third kappa shape index (κ3) is 3.08. The molecule has 1 unspecified atom stereocenters. The maximum Gasteiger partial charge on any atom is 0.115 e. The van der Waals surface area contributed by atoms with E-state index in [1.807, 2.05) is 24.0 Å². The normalized spacial score (nSPS) is 12.6. The van der Waals surface area contributed by atoms with Crippen molar-refractivity contribution in [2.24, 2.45) is 0 Å². The molecular formula is C11H14N4S. The Hall–Kier alpha value is -1.33. The van der Waals surface area contributed by atoms with Crippen LogP contribution in [0, 0.1) is 0 Å². The van der Waals surface area contributed by atoms with Crippen molar-refractivity contribution in [3.05, 3.63) is 40.9 Å². The van der Waals surface area contributed by atoms with Gasteiger partial charge in [-0.1, -0.05) is 6.92 Å². The van der Waals surface area contributed by atoms with Crippen molar-refractivity contribution < 1.29 is 0 Å². The molecule has 0 bridgehead atoms. The third-order valence-corrected chi connectivity index (χ3v) is 3.27. The number of hydrogen-bond acceptors (Lipinski definition) is 5. The van der Waals surface area contributed by atoms with Crippen molar-refractivity contribution in [3.8, 4) is 0 Å². The Morgan fingerprint density at radius 2 is 2.19 bits per heavy atom. The first-order valence-electron chi connectivity index (χ1n) is 5.20. The molecule has 0 aliphatic rings. The van der Waals surface area contributed by atoms with Crippen LogP contribution in [0.5, 0.6) is 0 Å². The Balaban J connectivity index is 1.76. The Morgan fingerprint density at radius 1 is 1.38 bits per heavy atom. The van der Waals surface area contributed by atoms with Gasteiger partial charge >= 0.3 is 0 Å². The van der Waals surface area contributed by atoms with Gasteiger partial charge in [0.1, 0.15) is 6.33 Å². The highest BCUT2D eigenvalue weighted by Crippen LogP contribution is 2.16. The summed E-state index contributed by atoms with van der Waals surface area (Å²) in [6.07, 6.45) is 7.05. The second-order valence-corrected chi connectivity index (χ2v) is 4.58. The van der Waals surface area contributed by atoms with Crippen molar-refractivity contribution in [1.29, 1.82) is 0 Å². The topological polar surface area (TPSA) is 50.7 Å². The molecule has 0 saturated heterocycles. The molecule has 0 amide bonds. The molecule has 84 valence electrons. The molecule has 2 heterocycles. The molecule has 5 heteroatoms. The van der Waals surface area contributed by atoms with Crippen LogP contribution in [0.2, 0.25) is 0 Å². The molecule has 0 fully saturated rings. The lowest BCUT2D eigenvalue weighted by atomic mass is 10.2. The molecule has 0 aromatic carbocycles. The Bertz CT molecular complexity index is 401. The van der Waals surface area contributed by atoms with Crippen molar-refractivity contribution in [1.82, 2.24) is 20.3 Å². The van der Waals surface area contributed by atoms with Gasteiger partial charge in [-0.15, -0.1) is 11.3 Å². The first-order valence-corrected chi connectivity index (χ1v) is 6.08. The fourth-order valence-corrected chi connectivity index (χ4v) is 2.12. The van der Waals surface area contributed by atoms with Gasteiger partial charge in [0.15, 0.2) is 0 Å². The van der Waals surface area contributed by atoms with Crippen molar-refractivity contribution in [2.45, 2.75) is 19.4 Å². The lowest BCUT2D eigenvalue weighted by Gasteiger charge is -2.09. The third-order valence-electron chi connectivity index (χ3n) is 2.27. The quantitative estimate of drug-likeness (QED) is 0.857. The van der Waals surface area contributed by atoms with Crippen LogP contribution in [-0.2, 0) is 6.54 Å². The average molecular weight is 234 g/mol. The van der Waals surface area contributed by atoms with Crippen LogP contribution >= 0.6 is 11.3 Å². The van der Waals surface area contributed by atoms with Gasteiger partial charge < -0.3 is 5.32 Å². The molecule has 1 atom stereocenters. The maximum atomic E-state index is 4.30. The standard InChI is InChI=1S/C11H14N4S/c1-9(11-15-2-3-16-11)4-12-5-10-6-13-8-14-7-10/h2-3,6-9,12H,4-5H2,1H3. The molecule has 2 aromatic rings. The molecule has 0 spiro atoms. The van der Waals surface area contributed by atoms with Gasteiger partial charge in [0.2, 0.25) is 0 Å². The minimum atomic E-state index is 0.449. The van der Waals surface area contributed by atoms with E-state index in [1.165, 1.54) is 5.01 Å². The van der Waals surface area contributed by atoms with E-state index in [9.17, 15) is 0 Å². The van der Waals surface area contributed by atoms with E-state index in [2.05, 4.69) is 27.2 Å². The number of hydrogen-bond donors (Lipinski definition) is 1. The van der Waals surface area contributed by atoms with Crippen LogP contribution < -0.4 is 5.32 Å². The van der Waals surface area contributed by atoms with E-state index in [0.29, 0.717) is 5.92 Å². The summed E-state index contributed by atoms with van der Waals surface area (Å²) < 4.78 is 0. The number of aromatic nitrogens is 3. The highest BCUT2D eigenvalue weighted by Gasteiger charge is 2.06. The number of nitrogens with one attached hydrogen (secondary N) is 1. The fourth-order valence-electron chi connectivity index (χ4n) is 1.42. The van der Waals surface area contributed by atoms with Gasteiger partial charge in [0.05, 0.1) is 5.01 Å². The number of nitrogens with zero attached hydrogens (tertiary/aromatic N) is 3. The molecular weight excluding hydrogens is 220 g/mol. The minimum Gasteiger partial charge on any atom is -0.312 e. The average Bonchev–Trinajstić information content (AvgIpc) is 2.84. The SMILES string of the molecule is CC(CNCc1cncnc1)c1nccs1. The minimum absolute atomic E-state index is 0.449. The molecule has 0 aliphatic carbocycles. The Labute approximate surface area is 98.8 Å². The molecule has 0 radical (unpaired) electrons. The predicted molar refractivity (Wildman–Crippen MR) is 64.3 cm³/mol. The molecule has 0 saturated carbocycles. The maximum absolute atomic E-state index is 4.30. The van der Waals surface area contributed by atoms with E-state index >= 15 is 0 Å². The highest BCUT2D eigenvalue weighted by molar-refractivity contribution is 7.09.